The number of hydrogen-bond donors (Lipinski definition) is 2. The van der Waals surface area contributed by atoms with E-state index in [2.05, 4.69) is 39.2 Å². The Morgan fingerprint density at radius 1 is 1.10 bits per heavy atom. The average molecular weight is 416 g/mol. The molecule has 2 aromatic rings. The highest BCUT2D eigenvalue weighted by Gasteiger charge is 2.23. The topological polar surface area (TPSA) is 78.5 Å². The fourth-order valence-electron chi connectivity index (χ4n) is 3.73. The summed E-state index contributed by atoms with van der Waals surface area (Å²) in [5, 5.41) is 2.67. The first-order valence-corrected chi connectivity index (χ1v) is 11.5. The summed E-state index contributed by atoms with van der Waals surface area (Å²) >= 11 is 0. The molecule has 1 saturated heterocycles. The number of carbonyl (C=O) groups is 1. The summed E-state index contributed by atoms with van der Waals surface area (Å²) in [6, 6.07) is 15.3. The number of likely N-dealkylation sites (tertiary alicyclic amines) is 1. The number of nitrogens with zero attached hydrogens (tertiary/aromatic N) is 1. The van der Waals surface area contributed by atoms with E-state index in [1.54, 1.807) is 25.1 Å². The summed E-state index contributed by atoms with van der Waals surface area (Å²) in [6.07, 6.45) is 1.96. The molecule has 3 rings (SSSR count). The van der Waals surface area contributed by atoms with Gasteiger partial charge >= 0.3 is 0 Å². The second-order valence-electron chi connectivity index (χ2n) is 7.72. The number of aryl methyl sites for hydroxylation is 1. The van der Waals surface area contributed by atoms with Crippen molar-refractivity contribution in [3.63, 3.8) is 0 Å². The third-order valence-corrected chi connectivity index (χ3v) is 6.89. The predicted octanol–water partition coefficient (Wildman–Crippen LogP) is 3.14. The molecule has 2 N–H and O–H groups in total. The minimum Gasteiger partial charge on any atom is -0.326 e. The van der Waals surface area contributed by atoms with Gasteiger partial charge in [0.2, 0.25) is 15.9 Å². The van der Waals surface area contributed by atoms with E-state index in [9.17, 15) is 13.2 Å². The number of hydrogen-bond acceptors (Lipinski definition) is 4. The van der Waals surface area contributed by atoms with Crippen LogP contribution < -0.4 is 10.0 Å². The van der Waals surface area contributed by atoms with E-state index >= 15 is 0 Å². The Morgan fingerprint density at radius 2 is 1.79 bits per heavy atom. The van der Waals surface area contributed by atoms with E-state index in [0.717, 1.165) is 32.5 Å². The molecule has 29 heavy (non-hydrogen) atoms. The number of rotatable bonds is 7. The van der Waals surface area contributed by atoms with E-state index < -0.39 is 10.0 Å². The number of carbonyl (C=O) groups excluding carboxylic acids is 1. The fourth-order valence-corrected chi connectivity index (χ4v) is 5.07. The van der Waals surface area contributed by atoms with Crippen molar-refractivity contribution in [1.29, 1.82) is 0 Å². The van der Waals surface area contributed by atoms with Crippen LogP contribution in [-0.2, 0) is 21.4 Å². The summed E-state index contributed by atoms with van der Waals surface area (Å²) < 4.78 is 28.2. The third-order valence-electron chi connectivity index (χ3n) is 5.30. The Morgan fingerprint density at radius 3 is 2.41 bits per heavy atom. The Hall–Kier alpha value is -2.22. The highest BCUT2D eigenvalue weighted by Crippen LogP contribution is 2.22. The molecule has 1 aliphatic heterocycles. The zero-order chi connectivity index (χ0) is 20.9. The van der Waals surface area contributed by atoms with Gasteiger partial charge in [0.15, 0.2) is 0 Å². The molecule has 0 atom stereocenters. The van der Waals surface area contributed by atoms with E-state index in [1.165, 1.54) is 12.5 Å². The van der Waals surface area contributed by atoms with Crippen LogP contribution in [0, 0.1) is 12.8 Å². The van der Waals surface area contributed by atoms with Crippen LogP contribution in [-0.4, -0.2) is 38.9 Å². The molecule has 156 valence electrons. The maximum Gasteiger partial charge on any atom is 0.240 e. The molecular weight excluding hydrogens is 386 g/mol. The standard InChI is InChI=1S/C22H29N3O3S/c1-17-14-21(24-18(2)26)8-9-22(17)29(27,28)23-15-19-10-12-25(13-11-19)16-20-6-4-3-5-7-20/h3-9,14,19,23H,10-13,15-16H2,1-2H3,(H,24,26). The SMILES string of the molecule is CC(=O)Nc1ccc(S(=O)(=O)NCC2CCN(Cc3ccccc3)CC2)c(C)c1. The monoisotopic (exact) mass is 415 g/mol. The van der Waals surface area contributed by atoms with Gasteiger partial charge in [0.05, 0.1) is 4.90 Å². The minimum absolute atomic E-state index is 0.184. The fraction of sp³-hybridized carbons (Fsp3) is 0.409. The largest absolute Gasteiger partial charge is 0.326 e. The number of nitrogens with one attached hydrogen (secondary N) is 2. The Balaban J connectivity index is 1.51. The van der Waals surface area contributed by atoms with Crippen LogP contribution in [0.5, 0.6) is 0 Å². The summed E-state index contributed by atoms with van der Waals surface area (Å²) in [6.45, 7) is 6.51. The van der Waals surface area contributed by atoms with E-state index in [1.807, 2.05) is 6.07 Å². The van der Waals surface area contributed by atoms with Gasteiger partial charge in [-0.2, -0.15) is 0 Å². The molecule has 0 unspecified atom stereocenters. The lowest BCUT2D eigenvalue weighted by Gasteiger charge is -2.32. The molecule has 1 aliphatic rings. The minimum atomic E-state index is -3.57. The van der Waals surface area contributed by atoms with Crippen molar-refractivity contribution in [2.75, 3.05) is 25.0 Å². The molecule has 0 radical (unpaired) electrons. The van der Waals surface area contributed by atoms with Crippen LogP contribution >= 0.6 is 0 Å². The van der Waals surface area contributed by atoms with E-state index in [0.29, 0.717) is 23.7 Å². The van der Waals surface area contributed by atoms with Crippen LogP contribution in [0.3, 0.4) is 0 Å². The van der Waals surface area contributed by atoms with Crippen LogP contribution in [0.25, 0.3) is 0 Å². The first-order chi connectivity index (χ1) is 13.8. The van der Waals surface area contributed by atoms with Gasteiger partial charge in [0.25, 0.3) is 0 Å². The van der Waals surface area contributed by atoms with Gasteiger partial charge < -0.3 is 5.32 Å². The summed E-state index contributed by atoms with van der Waals surface area (Å²) in [5.41, 5.74) is 2.52. The van der Waals surface area contributed by atoms with Crippen molar-refractivity contribution in [3.05, 3.63) is 59.7 Å². The van der Waals surface area contributed by atoms with Crippen molar-refractivity contribution in [2.45, 2.75) is 38.1 Å². The lowest BCUT2D eigenvalue weighted by molar-refractivity contribution is -0.114. The van der Waals surface area contributed by atoms with E-state index in [4.69, 9.17) is 0 Å². The van der Waals surface area contributed by atoms with Crippen LogP contribution in [0.15, 0.2) is 53.4 Å². The maximum absolute atomic E-state index is 12.7. The van der Waals surface area contributed by atoms with Crippen LogP contribution in [0.2, 0.25) is 0 Å². The summed E-state index contributed by atoms with van der Waals surface area (Å²) in [4.78, 5) is 13.8. The quantitative estimate of drug-likeness (QED) is 0.728. The Labute approximate surface area is 173 Å². The van der Waals surface area contributed by atoms with Gasteiger partial charge in [-0.15, -0.1) is 0 Å². The predicted molar refractivity (Wildman–Crippen MR) is 115 cm³/mol. The zero-order valence-electron chi connectivity index (χ0n) is 17.0. The van der Waals surface area contributed by atoms with Crippen LogP contribution in [0.4, 0.5) is 5.69 Å². The lowest BCUT2D eigenvalue weighted by Crippen LogP contribution is -2.38. The smallest absolute Gasteiger partial charge is 0.240 e. The molecule has 2 aromatic carbocycles. The zero-order valence-corrected chi connectivity index (χ0v) is 17.8. The second-order valence-corrected chi connectivity index (χ2v) is 9.45. The van der Waals surface area contributed by atoms with Crippen molar-refractivity contribution in [3.8, 4) is 0 Å². The first-order valence-electron chi connectivity index (χ1n) is 9.97. The average Bonchev–Trinajstić information content (AvgIpc) is 2.68. The third kappa shape index (κ3) is 6.13. The number of amides is 1. The normalized spacial score (nSPS) is 15.9. The van der Waals surface area contributed by atoms with Gasteiger partial charge in [-0.05, 0) is 68.1 Å². The Bertz CT molecular complexity index is 937. The molecule has 0 spiro atoms. The summed E-state index contributed by atoms with van der Waals surface area (Å²) in [5.74, 6) is 0.160. The van der Waals surface area contributed by atoms with Gasteiger partial charge in [-0.25, -0.2) is 13.1 Å². The molecule has 1 fully saturated rings. The number of piperidine rings is 1. The second kappa shape index (κ2) is 9.52. The molecule has 1 amide bonds. The van der Waals surface area contributed by atoms with Gasteiger partial charge in [-0.1, -0.05) is 30.3 Å². The number of sulfonamides is 1. The molecule has 6 nitrogen and oxygen atoms in total. The molecule has 1 heterocycles. The maximum atomic E-state index is 12.7. The number of anilines is 1. The highest BCUT2D eigenvalue weighted by atomic mass is 32.2. The lowest BCUT2D eigenvalue weighted by atomic mass is 9.97. The molecule has 0 saturated carbocycles. The van der Waals surface area contributed by atoms with Crippen molar-refractivity contribution in [2.24, 2.45) is 5.92 Å². The number of benzene rings is 2. The molecule has 0 aromatic heterocycles. The molecular formula is C22H29N3O3S. The van der Waals surface area contributed by atoms with Crippen molar-refractivity contribution >= 4 is 21.6 Å². The van der Waals surface area contributed by atoms with Gasteiger partial charge in [0.1, 0.15) is 0 Å². The highest BCUT2D eigenvalue weighted by molar-refractivity contribution is 7.89. The first kappa shape index (κ1) is 21.5. The van der Waals surface area contributed by atoms with Crippen LogP contribution in [0.1, 0.15) is 30.9 Å². The van der Waals surface area contributed by atoms with Gasteiger partial charge in [-0.3, -0.25) is 9.69 Å². The van der Waals surface area contributed by atoms with Gasteiger partial charge in [0, 0.05) is 25.7 Å². The Kier molecular flexibility index (Phi) is 7.05. The molecule has 0 bridgehead atoms. The van der Waals surface area contributed by atoms with E-state index in [-0.39, 0.29) is 10.8 Å². The molecule has 7 heteroatoms. The van der Waals surface area contributed by atoms with Crippen molar-refractivity contribution in [1.82, 2.24) is 9.62 Å². The van der Waals surface area contributed by atoms with Crippen molar-refractivity contribution < 1.29 is 13.2 Å². The summed E-state index contributed by atoms with van der Waals surface area (Å²) in [7, 11) is -3.57. The molecule has 0 aliphatic carbocycles.